The molecule has 0 radical (unpaired) electrons. The maximum Gasteiger partial charge on any atom is 0.222 e. The molecule has 1 heterocycles. The zero-order valence-electron chi connectivity index (χ0n) is 13.6. The number of aryl methyl sites for hydroxylation is 2. The number of hydrogen-bond acceptors (Lipinski definition) is 3. The lowest BCUT2D eigenvalue weighted by Gasteiger charge is -2.10. The van der Waals surface area contributed by atoms with E-state index in [-0.39, 0.29) is 11.9 Å². The first-order valence-electron chi connectivity index (χ1n) is 7.36. The molecule has 0 aliphatic rings. The minimum atomic E-state index is 0.0782. The molecule has 1 aromatic heterocycles. The van der Waals surface area contributed by atoms with Crippen LogP contribution in [-0.4, -0.2) is 27.8 Å². The van der Waals surface area contributed by atoms with Crippen molar-refractivity contribution in [3.8, 4) is 0 Å². The summed E-state index contributed by atoms with van der Waals surface area (Å²) >= 11 is 0. The second kappa shape index (κ2) is 7.43. The van der Waals surface area contributed by atoms with E-state index in [1.54, 1.807) is 0 Å². The molecule has 1 rings (SSSR count). The summed E-state index contributed by atoms with van der Waals surface area (Å²) < 4.78 is 1.94. The Labute approximate surface area is 122 Å². The first kappa shape index (κ1) is 16.7. The van der Waals surface area contributed by atoms with E-state index >= 15 is 0 Å². The second-order valence-corrected chi connectivity index (χ2v) is 5.88. The molecule has 2 N–H and O–H groups in total. The first-order valence-corrected chi connectivity index (χ1v) is 7.36. The Balaban J connectivity index is 2.63. The van der Waals surface area contributed by atoms with Crippen molar-refractivity contribution >= 4 is 5.91 Å². The third-order valence-electron chi connectivity index (χ3n) is 3.22. The van der Waals surface area contributed by atoms with Gasteiger partial charge in [0, 0.05) is 42.9 Å². The largest absolute Gasteiger partial charge is 0.354 e. The Morgan fingerprint density at radius 2 is 1.85 bits per heavy atom. The van der Waals surface area contributed by atoms with Crippen molar-refractivity contribution in [1.82, 2.24) is 20.4 Å². The Kier molecular flexibility index (Phi) is 6.20. The predicted octanol–water partition coefficient (Wildman–Crippen LogP) is 1.91. The number of amides is 1. The maximum absolute atomic E-state index is 11.7. The summed E-state index contributed by atoms with van der Waals surface area (Å²) in [6, 6.07) is 0.641. The van der Waals surface area contributed by atoms with Crippen molar-refractivity contribution in [2.24, 2.45) is 0 Å². The normalized spacial score (nSPS) is 11.4. The molecule has 0 atom stereocenters. The molecule has 0 fully saturated rings. The van der Waals surface area contributed by atoms with E-state index in [2.05, 4.69) is 36.5 Å². The summed E-state index contributed by atoms with van der Waals surface area (Å²) in [6.07, 6.45) is 0.469. The zero-order valence-corrected chi connectivity index (χ0v) is 13.6. The van der Waals surface area contributed by atoms with Gasteiger partial charge in [0.05, 0.1) is 5.69 Å². The van der Waals surface area contributed by atoms with Crippen LogP contribution in [0.3, 0.4) is 0 Å². The molecule has 1 aromatic rings. The van der Waals surface area contributed by atoms with Gasteiger partial charge in [-0.25, -0.2) is 0 Å². The monoisotopic (exact) mass is 280 g/mol. The number of nitrogens with zero attached hydrogens (tertiary/aromatic N) is 2. The average molecular weight is 280 g/mol. The molecule has 0 unspecified atom stereocenters. The molecule has 0 saturated heterocycles. The number of carbonyl (C=O) groups is 1. The van der Waals surface area contributed by atoms with Crippen molar-refractivity contribution in [3.63, 3.8) is 0 Å². The molecule has 5 nitrogen and oxygen atoms in total. The van der Waals surface area contributed by atoms with Crippen LogP contribution in [0.2, 0.25) is 0 Å². The number of carbonyl (C=O) groups excluding carboxylic acids is 1. The molecular formula is C15H28N4O. The molecular weight excluding hydrogens is 252 g/mol. The summed E-state index contributed by atoms with van der Waals surface area (Å²) in [7, 11) is 0. The molecule has 0 saturated carbocycles. The molecule has 5 heteroatoms. The summed E-state index contributed by atoms with van der Waals surface area (Å²) in [6.45, 7) is 13.7. The van der Waals surface area contributed by atoms with Crippen LogP contribution in [0.25, 0.3) is 0 Å². The molecule has 0 aliphatic heterocycles. The van der Waals surface area contributed by atoms with Crippen LogP contribution in [0.4, 0.5) is 0 Å². The molecule has 1 amide bonds. The van der Waals surface area contributed by atoms with Crippen molar-refractivity contribution in [2.45, 2.75) is 73.1 Å². The Hall–Kier alpha value is -1.36. The van der Waals surface area contributed by atoms with Gasteiger partial charge in [-0.15, -0.1) is 0 Å². The number of nitrogens with one attached hydrogen (secondary N) is 2. The maximum atomic E-state index is 11.7. The first-order chi connectivity index (χ1) is 9.31. The Bertz CT molecular complexity index is 449. The van der Waals surface area contributed by atoms with Gasteiger partial charge < -0.3 is 10.6 Å². The third kappa shape index (κ3) is 4.96. The Morgan fingerprint density at radius 1 is 1.20 bits per heavy atom. The van der Waals surface area contributed by atoms with Gasteiger partial charge in [-0.3, -0.25) is 9.48 Å². The van der Waals surface area contributed by atoms with Crippen LogP contribution in [-0.2, 0) is 17.9 Å². The minimum absolute atomic E-state index is 0.0782. The van der Waals surface area contributed by atoms with Gasteiger partial charge in [-0.2, -0.15) is 5.10 Å². The fourth-order valence-electron chi connectivity index (χ4n) is 2.12. The van der Waals surface area contributed by atoms with Crippen LogP contribution in [0, 0.1) is 13.8 Å². The molecule has 0 bridgehead atoms. The number of rotatable bonds is 7. The molecule has 0 aromatic carbocycles. The van der Waals surface area contributed by atoms with Gasteiger partial charge in [0.25, 0.3) is 0 Å². The minimum Gasteiger partial charge on any atom is -0.354 e. The average Bonchev–Trinajstić information content (AvgIpc) is 2.58. The zero-order chi connectivity index (χ0) is 15.3. The van der Waals surface area contributed by atoms with Crippen LogP contribution in [0.5, 0.6) is 0 Å². The van der Waals surface area contributed by atoms with Gasteiger partial charge in [-0.05, 0) is 27.7 Å². The topological polar surface area (TPSA) is 59.0 Å². The van der Waals surface area contributed by atoms with Crippen molar-refractivity contribution in [2.75, 3.05) is 0 Å². The van der Waals surface area contributed by atoms with E-state index in [4.69, 9.17) is 0 Å². The lowest BCUT2D eigenvalue weighted by Crippen LogP contribution is -2.30. The lowest BCUT2D eigenvalue weighted by molar-refractivity contribution is -0.121. The highest BCUT2D eigenvalue weighted by Gasteiger charge is 2.12. The van der Waals surface area contributed by atoms with Crippen molar-refractivity contribution in [3.05, 3.63) is 17.0 Å². The molecule has 0 aliphatic carbocycles. The molecule has 20 heavy (non-hydrogen) atoms. The van der Waals surface area contributed by atoms with Crippen LogP contribution >= 0.6 is 0 Å². The summed E-state index contributed by atoms with van der Waals surface area (Å²) in [4.78, 5) is 11.7. The summed E-state index contributed by atoms with van der Waals surface area (Å²) in [5, 5.41) is 10.9. The van der Waals surface area contributed by atoms with Crippen LogP contribution in [0.1, 0.15) is 51.1 Å². The van der Waals surface area contributed by atoms with E-state index in [1.165, 1.54) is 5.56 Å². The standard InChI is InChI=1S/C15H28N4O/c1-10(2)16-9-14-12(5)18-19(13(14)6)8-7-15(20)17-11(3)4/h10-11,16H,7-9H2,1-6H3,(H,17,20). The fraction of sp³-hybridized carbons (Fsp3) is 0.733. The highest BCUT2D eigenvalue weighted by Crippen LogP contribution is 2.13. The number of hydrogen-bond donors (Lipinski definition) is 2. The van der Waals surface area contributed by atoms with Gasteiger partial charge in [0.2, 0.25) is 5.91 Å². The second-order valence-electron chi connectivity index (χ2n) is 5.88. The van der Waals surface area contributed by atoms with E-state index in [0.717, 1.165) is 17.9 Å². The summed E-state index contributed by atoms with van der Waals surface area (Å²) in [5.41, 5.74) is 3.43. The van der Waals surface area contributed by atoms with Gasteiger partial charge in [-0.1, -0.05) is 13.8 Å². The third-order valence-corrected chi connectivity index (χ3v) is 3.22. The smallest absolute Gasteiger partial charge is 0.222 e. The highest BCUT2D eigenvalue weighted by molar-refractivity contribution is 5.76. The van der Waals surface area contributed by atoms with Gasteiger partial charge in [0.15, 0.2) is 0 Å². The van der Waals surface area contributed by atoms with E-state index in [0.29, 0.717) is 19.0 Å². The lowest BCUT2D eigenvalue weighted by atomic mass is 10.2. The van der Waals surface area contributed by atoms with Crippen LogP contribution in [0.15, 0.2) is 0 Å². The predicted molar refractivity (Wildman–Crippen MR) is 81.6 cm³/mol. The molecule has 114 valence electrons. The van der Waals surface area contributed by atoms with Gasteiger partial charge >= 0.3 is 0 Å². The Morgan fingerprint density at radius 3 is 2.40 bits per heavy atom. The number of aromatic nitrogens is 2. The van der Waals surface area contributed by atoms with Crippen LogP contribution < -0.4 is 10.6 Å². The quantitative estimate of drug-likeness (QED) is 0.802. The van der Waals surface area contributed by atoms with E-state index in [9.17, 15) is 4.79 Å². The van der Waals surface area contributed by atoms with E-state index in [1.807, 2.05) is 25.5 Å². The SMILES string of the molecule is Cc1nn(CCC(=O)NC(C)C)c(C)c1CNC(C)C. The summed E-state index contributed by atoms with van der Waals surface area (Å²) in [5.74, 6) is 0.0782. The van der Waals surface area contributed by atoms with E-state index < -0.39 is 0 Å². The highest BCUT2D eigenvalue weighted by atomic mass is 16.1. The molecule has 0 spiro atoms. The van der Waals surface area contributed by atoms with Gasteiger partial charge in [0.1, 0.15) is 0 Å². The van der Waals surface area contributed by atoms with Crippen molar-refractivity contribution < 1.29 is 4.79 Å². The fourth-order valence-corrected chi connectivity index (χ4v) is 2.12. The van der Waals surface area contributed by atoms with Crippen molar-refractivity contribution in [1.29, 1.82) is 0 Å².